The molecule has 0 bridgehead atoms. The van der Waals surface area contributed by atoms with Gasteiger partial charge in [-0.3, -0.25) is 8.98 Å². The van der Waals surface area contributed by atoms with E-state index in [4.69, 9.17) is 14.0 Å². The molecule has 2 aliphatic rings. The number of pyridine rings is 1. The minimum atomic E-state index is -1.62. The summed E-state index contributed by atoms with van der Waals surface area (Å²) in [5.41, 5.74) is 0. The van der Waals surface area contributed by atoms with Gasteiger partial charge in [0.1, 0.15) is 5.82 Å². The zero-order chi connectivity index (χ0) is 14.8. The van der Waals surface area contributed by atoms with Crippen molar-refractivity contribution in [2.75, 3.05) is 29.4 Å². The molecule has 9 heteroatoms. The highest BCUT2D eigenvalue weighted by Crippen LogP contribution is 2.31. The Balaban J connectivity index is 1.76. The Hall–Kier alpha value is -1.71. The van der Waals surface area contributed by atoms with Crippen molar-refractivity contribution < 1.29 is 23.0 Å². The summed E-state index contributed by atoms with van der Waals surface area (Å²) in [6.45, 7) is 0.468. The molecule has 2 atom stereocenters. The van der Waals surface area contributed by atoms with Crippen molar-refractivity contribution in [1.82, 2.24) is 4.98 Å². The smallest absolute Gasteiger partial charge is 0.266 e. The van der Waals surface area contributed by atoms with Gasteiger partial charge in [0.15, 0.2) is 18.2 Å². The average Bonchev–Trinajstić information content (AvgIpc) is 2.85. The molecular weight excluding hydrogens is 298 g/mol. The SMILES string of the molecule is O=C1COc2ccc(N3CC(CCCO)OS3=O)nc2N1. The Morgan fingerprint density at radius 2 is 2.38 bits per heavy atom. The third-order valence-corrected chi connectivity index (χ3v) is 4.30. The van der Waals surface area contributed by atoms with E-state index in [-0.39, 0.29) is 25.2 Å². The Kier molecular flexibility index (Phi) is 4.04. The van der Waals surface area contributed by atoms with Gasteiger partial charge in [-0.25, -0.2) is 13.5 Å². The van der Waals surface area contributed by atoms with E-state index < -0.39 is 11.3 Å². The summed E-state index contributed by atoms with van der Waals surface area (Å²) in [6, 6.07) is 3.35. The maximum atomic E-state index is 12.0. The van der Waals surface area contributed by atoms with Gasteiger partial charge in [-0.1, -0.05) is 0 Å². The summed E-state index contributed by atoms with van der Waals surface area (Å²) in [5, 5.41) is 11.4. The van der Waals surface area contributed by atoms with E-state index in [9.17, 15) is 9.00 Å². The zero-order valence-electron chi connectivity index (χ0n) is 11.2. The Bertz CT molecular complexity index is 582. The van der Waals surface area contributed by atoms with E-state index in [0.29, 0.717) is 36.8 Å². The number of carbonyl (C=O) groups is 1. The van der Waals surface area contributed by atoms with Gasteiger partial charge in [0.2, 0.25) is 0 Å². The summed E-state index contributed by atoms with van der Waals surface area (Å²) in [7, 11) is 0. The number of fused-ring (bicyclic) bond motifs is 1. The number of nitrogens with one attached hydrogen (secondary N) is 1. The number of aliphatic hydroxyl groups excluding tert-OH is 1. The molecule has 2 unspecified atom stereocenters. The largest absolute Gasteiger partial charge is 0.480 e. The van der Waals surface area contributed by atoms with Gasteiger partial charge in [0.05, 0.1) is 12.6 Å². The molecule has 2 aliphatic heterocycles. The maximum absolute atomic E-state index is 12.0. The number of anilines is 2. The molecule has 0 spiro atoms. The second-order valence-electron chi connectivity index (χ2n) is 4.72. The van der Waals surface area contributed by atoms with Crippen LogP contribution in [-0.4, -0.2) is 46.1 Å². The molecule has 1 amide bonds. The Labute approximate surface area is 123 Å². The molecule has 1 aromatic rings. The van der Waals surface area contributed by atoms with Crippen LogP contribution in [0.15, 0.2) is 12.1 Å². The van der Waals surface area contributed by atoms with E-state index in [2.05, 4.69) is 10.3 Å². The summed E-state index contributed by atoms with van der Waals surface area (Å²) in [4.78, 5) is 15.6. The van der Waals surface area contributed by atoms with Gasteiger partial charge in [-0.15, -0.1) is 0 Å². The van der Waals surface area contributed by atoms with Crippen LogP contribution in [0.25, 0.3) is 0 Å². The van der Waals surface area contributed by atoms with Crippen molar-refractivity contribution in [3.63, 3.8) is 0 Å². The molecule has 3 heterocycles. The molecule has 3 rings (SSSR count). The van der Waals surface area contributed by atoms with Crippen LogP contribution < -0.4 is 14.4 Å². The lowest BCUT2D eigenvalue weighted by molar-refractivity contribution is -0.118. The molecule has 1 saturated heterocycles. The van der Waals surface area contributed by atoms with E-state index in [1.54, 1.807) is 12.1 Å². The minimum absolute atomic E-state index is 0.0317. The van der Waals surface area contributed by atoms with Gasteiger partial charge >= 0.3 is 0 Å². The lowest BCUT2D eigenvalue weighted by Gasteiger charge is -2.19. The molecule has 0 aromatic carbocycles. The van der Waals surface area contributed by atoms with Gasteiger partial charge < -0.3 is 15.2 Å². The third-order valence-electron chi connectivity index (χ3n) is 3.17. The summed E-state index contributed by atoms with van der Waals surface area (Å²) < 4.78 is 24.0. The van der Waals surface area contributed by atoms with Crippen LogP contribution in [0.2, 0.25) is 0 Å². The molecule has 0 radical (unpaired) electrons. The highest BCUT2D eigenvalue weighted by molar-refractivity contribution is 7.82. The first-order valence-electron chi connectivity index (χ1n) is 6.58. The summed E-state index contributed by atoms with van der Waals surface area (Å²) >= 11 is -1.62. The van der Waals surface area contributed by atoms with Gasteiger partial charge in [-0.05, 0) is 25.0 Å². The van der Waals surface area contributed by atoms with Crippen LogP contribution in [0, 0.1) is 0 Å². The fraction of sp³-hybridized carbons (Fsp3) is 0.500. The normalized spacial score (nSPS) is 24.4. The quantitative estimate of drug-likeness (QED) is 0.809. The van der Waals surface area contributed by atoms with Crippen LogP contribution in [0.5, 0.6) is 5.75 Å². The zero-order valence-corrected chi connectivity index (χ0v) is 12.0. The molecule has 21 heavy (non-hydrogen) atoms. The predicted octanol–water partition coefficient (Wildman–Crippen LogP) is -0.0311. The van der Waals surface area contributed by atoms with E-state index in [1.165, 1.54) is 4.31 Å². The van der Waals surface area contributed by atoms with E-state index in [0.717, 1.165) is 0 Å². The van der Waals surface area contributed by atoms with Crippen molar-refractivity contribution in [1.29, 1.82) is 0 Å². The van der Waals surface area contributed by atoms with Gasteiger partial charge in [-0.2, -0.15) is 0 Å². The molecule has 1 fully saturated rings. The number of rotatable bonds is 4. The second kappa shape index (κ2) is 5.96. The van der Waals surface area contributed by atoms with E-state index in [1.807, 2.05) is 0 Å². The number of amides is 1. The summed E-state index contributed by atoms with van der Waals surface area (Å²) in [6.07, 6.45) is 1.02. The molecule has 8 nitrogen and oxygen atoms in total. The number of carbonyl (C=O) groups excluding carboxylic acids is 1. The first-order chi connectivity index (χ1) is 10.2. The van der Waals surface area contributed by atoms with Crippen LogP contribution >= 0.6 is 0 Å². The molecule has 2 N–H and O–H groups in total. The molecule has 1 aromatic heterocycles. The first-order valence-corrected chi connectivity index (χ1v) is 7.61. The summed E-state index contributed by atoms with van der Waals surface area (Å²) in [5.74, 6) is 0.983. The second-order valence-corrected chi connectivity index (χ2v) is 5.78. The van der Waals surface area contributed by atoms with Crippen LogP contribution in [-0.2, 0) is 20.2 Å². The number of aliphatic hydroxyl groups is 1. The van der Waals surface area contributed by atoms with Crippen molar-refractivity contribution in [2.24, 2.45) is 0 Å². The monoisotopic (exact) mass is 313 g/mol. The lowest BCUT2D eigenvalue weighted by atomic mass is 10.2. The molecule has 0 saturated carbocycles. The lowest BCUT2D eigenvalue weighted by Crippen LogP contribution is -2.28. The number of nitrogens with zero attached hydrogens (tertiary/aromatic N) is 2. The van der Waals surface area contributed by atoms with Crippen LogP contribution in [0.3, 0.4) is 0 Å². The third kappa shape index (κ3) is 2.99. The van der Waals surface area contributed by atoms with E-state index >= 15 is 0 Å². The molecule has 114 valence electrons. The maximum Gasteiger partial charge on any atom is 0.266 e. The fourth-order valence-electron chi connectivity index (χ4n) is 2.17. The van der Waals surface area contributed by atoms with Crippen molar-refractivity contribution in [2.45, 2.75) is 18.9 Å². The van der Waals surface area contributed by atoms with Crippen LogP contribution in [0.4, 0.5) is 11.6 Å². The molecule has 0 aliphatic carbocycles. The number of hydrogen-bond donors (Lipinski definition) is 2. The number of aromatic nitrogens is 1. The van der Waals surface area contributed by atoms with Crippen LogP contribution in [0.1, 0.15) is 12.8 Å². The Morgan fingerprint density at radius 1 is 1.52 bits per heavy atom. The van der Waals surface area contributed by atoms with Crippen molar-refractivity contribution >= 4 is 28.8 Å². The standard InChI is InChI=1S/C12H15N3O5S/c16-5-1-2-8-6-15(21(18)20-8)10-4-3-9-12(13-10)14-11(17)7-19-9/h3-4,8,16H,1-2,5-7H2,(H,13,14,17). The fourth-order valence-corrected chi connectivity index (χ4v) is 3.20. The predicted molar refractivity (Wildman–Crippen MR) is 75.0 cm³/mol. The molecular formula is C12H15N3O5S. The van der Waals surface area contributed by atoms with Crippen molar-refractivity contribution in [3.05, 3.63) is 12.1 Å². The number of ether oxygens (including phenoxy) is 1. The minimum Gasteiger partial charge on any atom is -0.480 e. The van der Waals surface area contributed by atoms with Crippen molar-refractivity contribution in [3.8, 4) is 5.75 Å². The first kappa shape index (κ1) is 14.2. The highest BCUT2D eigenvalue weighted by atomic mass is 32.2. The highest BCUT2D eigenvalue weighted by Gasteiger charge is 2.32. The Morgan fingerprint density at radius 3 is 3.19 bits per heavy atom. The number of hydrogen-bond acceptors (Lipinski definition) is 6. The topological polar surface area (TPSA) is 101 Å². The van der Waals surface area contributed by atoms with Gasteiger partial charge in [0, 0.05) is 6.61 Å². The van der Waals surface area contributed by atoms with Gasteiger partial charge in [0.25, 0.3) is 17.2 Å². The average molecular weight is 313 g/mol.